The zero-order valence-corrected chi connectivity index (χ0v) is 13.9. The molecule has 0 saturated carbocycles. The van der Waals surface area contributed by atoms with Gasteiger partial charge in [-0.1, -0.05) is 24.3 Å². The first-order chi connectivity index (χ1) is 10.1. The molecule has 0 bridgehead atoms. The number of benzene rings is 2. The molecule has 1 aromatic heterocycles. The van der Waals surface area contributed by atoms with Crippen LogP contribution < -0.4 is 29.6 Å². The maximum absolute atomic E-state index is 10.4. The number of hydrogen-bond donors (Lipinski definition) is 2. The maximum Gasteiger partial charge on any atom is 1.00 e. The summed E-state index contributed by atoms with van der Waals surface area (Å²) in [5.41, 5.74) is 0.919. The van der Waals surface area contributed by atoms with Crippen LogP contribution in [-0.2, 0) is 0 Å². The number of furan rings is 1. The number of carbonyl (C=O) groups is 2. The van der Waals surface area contributed by atoms with Crippen LogP contribution in [0.2, 0.25) is 0 Å². The molecule has 0 amide bonds. The maximum atomic E-state index is 10.4. The molecule has 2 N–H and O–H groups in total. The molecule has 0 unspecified atom stereocenters. The van der Waals surface area contributed by atoms with Crippen LogP contribution in [-0.4, -0.2) is 22.2 Å². The molecule has 0 saturated heterocycles. The van der Waals surface area contributed by atoms with E-state index in [9.17, 15) is 9.59 Å². The molecule has 2 aromatic carbocycles. The van der Waals surface area contributed by atoms with E-state index in [1.807, 2.05) is 30.3 Å². The Hall–Kier alpha value is -2.08. The molecule has 3 rings (SSSR count). The van der Waals surface area contributed by atoms with E-state index in [2.05, 4.69) is 0 Å². The number of para-hydroxylation sites is 1. The second kappa shape index (κ2) is 8.38. The van der Waals surface area contributed by atoms with Gasteiger partial charge in [0.05, 0.1) is 17.4 Å². The van der Waals surface area contributed by atoms with Gasteiger partial charge in [0, 0.05) is 5.39 Å². The van der Waals surface area contributed by atoms with Gasteiger partial charge in [0.1, 0.15) is 5.58 Å². The summed E-state index contributed by atoms with van der Waals surface area (Å²) in [5, 5.41) is 18.2. The van der Waals surface area contributed by atoms with E-state index < -0.39 is 11.9 Å². The molecule has 0 spiro atoms. The van der Waals surface area contributed by atoms with Crippen molar-refractivity contribution in [3.63, 3.8) is 0 Å². The van der Waals surface area contributed by atoms with Gasteiger partial charge >= 0.3 is 41.5 Å². The Morgan fingerprint density at radius 3 is 2.00 bits per heavy atom. The number of fused-ring (bicyclic) bond motifs is 1. The van der Waals surface area contributed by atoms with Crippen molar-refractivity contribution < 1.29 is 55.2 Å². The Morgan fingerprint density at radius 1 is 0.864 bits per heavy atom. The van der Waals surface area contributed by atoms with Crippen LogP contribution in [0.4, 0.5) is 0 Å². The molecule has 0 radical (unpaired) electrons. The zero-order chi connectivity index (χ0) is 15.2. The third kappa shape index (κ3) is 4.73. The van der Waals surface area contributed by atoms with Crippen LogP contribution in [0.15, 0.2) is 65.3 Å². The van der Waals surface area contributed by atoms with Gasteiger partial charge < -0.3 is 16.1 Å². The first-order valence-electron chi connectivity index (χ1n) is 6.07. The molecule has 108 valence electrons. The summed E-state index contributed by atoms with van der Waals surface area (Å²) in [7, 11) is 0. The third-order valence-electron chi connectivity index (χ3n) is 2.72. The summed E-state index contributed by atoms with van der Waals surface area (Å²) in [4.78, 5) is 20.8. The Balaban J connectivity index is 0.000000397. The van der Waals surface area contributed by atoms with Gasteiger partial charge in [-0.2, -0.15) is 0 Å². The van der Waals surface area contributed by atoms with Crippen molar-refractivity contribution in [2.24, 2.45) is 0 Å². The van der Waals surface area contributed by atoms with Gasteiger partial charge in [-0.05, 0) is 30.3 Å². The van der Waals surface area contributed by atoms with Crippen molar-refractivity contribution >= 4 is 22.9 Å². The van der Waals surface area contributed by atoms with Crippen molar-refractivity contribution in [3.8, 4) is 0 Å². The van der Waals surface area contributed by atoms with Gasteiger partial charge in [-0.25, -0.2) is 9.59 Å². The molecule has 0 atom stereocenters. The summed E-state index contributed by atoms with van der Waals surface area (Å²) < 4.78 is 5.12. The van der Waals surface area contributed by atoms with Crippen molar-refractivity contribution in [2.75, 3.05) is 0 Å². The van der Waals surface area contributed by atoms with Crippen LogP contribution >= 0.6 is 0 Å². The summed E-state index contributed by atoms with van der Waals surface area (Å²) in [6, 6.07) is 15.1. The Kier molecular flexibility index (Phi) is 6.85. The number of hydrogen-bond acceptors (Lipinski definition) is 3. The molecule has 0 aliphatic rings. The fraction of sp³-hybridized carbons (Fsp3) is 0. The molecular formula is C16H13NaO5. The number of carboxylic acids is 2. The van der Waals surface area contributed by atoms with Crippen molar-refractivity contribution in [2.45, 2.75) is 0 Å². The van der Waals surface area contributed by atoms with Gasteiger partial charge in [0.15, 0.2) is 0 Å². The minimum atomic E-state index is -1.13. The summed E-state index contributed by atoms with van der Waals surface area (Å²) in [6.07, 6.45) is 1.70. The van der Waals surface area contributed by atoms with Crippen molar-refractivity contribution in [3.05, 3.63) is 72.0 Å². The minimum Gasteiger partial charge on any atom is -1.00 e. The van der Waals surface area contributed by atoms with E-state index in [-0.39, 0.29) is 42.1 Å². The topological polar surface area (TPSA) is 87.7 Å². The molecule has 22 heavy (non-hydrogen) atoms. The molecule has 3 aromatic rings. The zero-order valence-electron chi connectivity index (χ0n) is 12.9. The van der Waals surface area contributed by atoms with E-state index in [1.54, 1.807) is 6.26 Å². The average molecular weight is 308 g/mol. The first kappa shape index (κ1) is 18.0. The Morgan fingerprint density at radius 2 is 1.45 bits per heavy atom. The molecule has 0 aliphatic carbocycles. The fourth-order valence-corrected chi connectivity index (χ4v) is 1.69. The molecule has 5 nitrogen and oxygen atoms in total. The molecule has 0 aliphatic heterocycles. The Bertz CT molecular complexity index is 725. The van der Waals surface area contributed by atoms with E-state index in [0.717, 1.165) is 17.0 Å². The van der Waals surface area contributed by atoms with Gasteiger partial charge in [-0.3, -0.25) is 0 Å². The minimum absolute atomic E-state index is 0. The number of aromatic carboxylic acids is 2. The fourth-order valence-electron chi connectivity index (χ4n) is 1.69. The largest absolute Gasteiger partial charge is 1.00 e. The average Bonchev–Trinajstić information content (AvgIpc) is 2.96. The normalized spacial score (nSPS) is 9.27. The molecule has 0 fully saturated rings. The van der Waals surface area contributed by atoms with E-state index in [1.165, 1.54) is 18.2 Å². The van der Waals surface area contributed by atoms with Crippen LogP contribution in [0.5, 0.6) is 0 Å². The molecule has 6 heteroatoms. The second-order valence-electron chi connectivity index (χ2n) is 4.15. The van der Waals surface area contributed by atoms with E-state index in [4.69, 9.17) is 14.6 Å². The molecule has 1 heterocycles. The van der Waals surface area contributed by atoms with Crippen molar-refractivity contribution in [1.82, 2.24) is 0 Å². The predicted molar refractivity (Wildman–Crippen MR) is 77.7 cm³/mol. The summed E-state index contributed by atoms with van der Waals surface area (Å²) >= 11 is 0. The van der Waals surface area contributed by atoms with Gasteiger partial charge in [-0.15, -0.1) is 0 Å². The standard InChI is InChI=1S/C8H6O4.C8H6O.Na.H/c9-7(10)5-2-1-3-6(4-5)8(11)12;1-2-4-8-7(3-1)5-6-9-8;;/h1-4H,(H,9,10)(H,11,12);1-6H;;/q;;+1;-1. The smallest absolute Gasteiger partial charge is 1.00 e. The van der Waals surface area contributed by atoms with Crippen LogP contribution in [0.1, 0.15) is 22.1 Å². The quantitative estimate of drug-likeness (QED) is 0.678. The third-order valence-corrected chi connectivity index (χ3v) is 2.72. The summed E-state index contributed by atoms with van der Waals surface area (Å²) in [5.74, 6) is -2.25. The monoisotopic (exact) mass is 308 g/mol. The van der Waals surface area contributed by atoms with Crippen LogP contribution in [0, 0.1) is 0 Å². The second-order valence-corrected chi connectivity index (χ2v) is 4.15. The summed E-state index contributed by atoms with van der Waals surface area (Å²) in [6.45, 7) is 0. The first-order valence-corrected chi connectivity index (χ1v) is 6.07. The van der Waals surface area contributed by atoms with E-state index >= 15 is 0 Å². The SMILES string of the molecule is O=C(O)c1cccc(C(=O)O)c1.[H-].[Na+].c1ccc2occc2c1. The van der Waals surface area contributed by atoms with Crippen LogP contribution in [0.3, 0.4) is 0 Å². The Labute approximate surface area is 150 Å². The molecular weight excluding hydrogens is 295 g/mol. The number of rotatable bonds is 2. The van der Waals surface area contributed by atoms with Gasteiger partial charge in [0.25, 0.3) is 0 Å². The van der Waals surface area contributed by atoms with Crippen LogP contribution in [0.25, 0.3) is 11.0 Å². The number of carboxylic acid groups (broad SMARTS) is 2. The van der Waals surface area contributed by atoms with Crippen molar-refractivity contribution in [1.29, 1.82) is 0 Å². The van der Waals surface area contributed by atoms with E-state index in [0.29, 0.717) is 0 Å². The predicted octanol–water partition coefficient (Wildman–Crippen LogP) is 0.632. The van der Waals surface area contributed by atoms with Gasteiger partial charge in [0.2, 0.25) is 0 Å².